The molecule has 6 nitrogen and oxygen atoms in total. The number of carboxylic acids is 1. The van der Waals surface area contributed by atoms with E-state index in [1.54, 1.807) is 20.8 Å². The first-order valence-corrected chi connectivity index (χ1v) is 5.54. The zero-order valence-corrected chi connectivity index (χ0v) is 10.9. The molecule has 1 aromatic heterocycles. The molecule has 0 atom stereocenters. The van der Waals surface area contributed by atoms with Crippen LogP contribution >= 0.6 is 0 Å². The fraction of sp³-hybridized carbons (Fsp3) is 0.417. The zero-order valence-electron chi connectivity index (χ0n) is 10.9. The Labute approximate surface area is 109 Å². The number of hydrogen-bond donors (Lipinski definition) is 2. The molecule has 1 aromatic rings. The van der Waals surface area contributed by atoms with Gasteiger partial charge in [-0.1, -0.05) is 0 Å². The van der Waals surface area contributed by atoms with Gasteiger partial charge in [0.2, 0.25) is 0 Å². The van der Waals surface area contributed by atoms with Crippen molar-refractivity contribution in [2.75, 3.05) is 0 Å². The van der Waals surface area contributed by atoms with Gasteiger partial charge in [0.15, 0.2) is 0 Å². The van der Waals surface area contributed by atoms with Crippen LogP contribution in [-0.4, -0.2) is 27.8 Å². The quantitative estimate of drug-likeness (QED) is 0.876. The van der Waals surface area contributed by atoms with Crippen LogP contribution in [-0.2, 0) is 11.3 Å². The number of halogens is 1. The number of carbonyl (C=O) groups is 2. The number of aromatic carboxylic acids is 1. The van der Waals surface area contributed by atoms with Crippen LogP contribution in [0.15, 0.2) is 12.1 Å². The molecule has 104 valence electrons. The number of ether oxygens (including phenoxy) is 1. The summed E-state index contributed by atoms with van der Waals surface area (Å²) in [6.45, 7) is 4.82. The van der Waals surface area contributed by atoms with Crippen LogP contribution in [0, 0.1) is 5.82 Å². The molecule has 0 unspecified atom stereocenters. The second-order valence-electron chi connectivity index (χ2n) is 4.79. The van der Waals surface area contributed by atoms with Crippen LogP contribution in [0.1, 0.15) is 37.0 Å². The molecule has 0 aromatic carbocycles. The smallest absolute Gasteiger partial charge is 0.407 e. The van der Waals surface area contributed by atoms with E-state index in [9.17, 15) is 14.0 Å². The van der Waals surface area contributed by atoms with Crippen LogP contribution in [0.3, 0.4) is 0 Å². The fourth-order valence-corrected chi connectivity index (χ4v) is 1.20. The number of carboxylic acid groups (broad SMARTS) is 1. The van der Waals surface area contributed by atoms with Crippen molar-refractivity contribution in [2.24, 2.45) is 0 Å². The number of nitrogens with zero attached hydrogens (tertiary/aromatic N) is 1. The zero-order chi connectivity index (χ0) is 14.6. The molecule has 1 rings (SSSR count). The van der Waals surface area contributed by atoms with Crippen molar-refractivity contribution >= 4 is 12.1 Å². The molecule has 0 saturated heterocycles. The van der Waals surface area contributed by atoms with Crippen molar-refractivity contribution < 1.29 is 23.8 Å². The van der Waals surface area contributed by atoms with Crippen LogP contribution in [0.25, 0.3) is 0 Å². The Morgan fingerprint density at radius 2 is 2.05 bits per heavy atom. The Kier molecular flexibility index (Phi) is 4.42. The maximum absolute atomic E-state index is 13.4. The van der Waals surface area contributed by atoms with Gasteiger partial charge in [0.1, 0.15) is 17.1 Å². The third-order valence-electron chi connectivity index (χ3n) is 1.94. The summed E-state index contributed by atoms with van der Waals surface area (Å²) in [4.78, 5) is 25.7. The van der Waals surface area contributed by atoms with Crippen LogP contribution in [0.4, 0.5) is 9.18 Å². The summed E-state index contributed by atoms with van der Waals surface area (Å²) in [7, 11) is 0. The second kappa shape index (κ2) is 5.64. The molecule has 0 fully saturated rings. The molecule has 0 aliphatic rings. The maximum atomic E-state index is 13.4. The Hall–Kier alpha value is -2.18. The minimum atomic E-state index is -1.27. The molecule has 0 aliphatic carbocycles. The molecule has 1 amide bonds. The number of hydrogen-bond acceptors (Lipinski definition) is 4. The lowest BCUT2D eigenvalue weighted by atomic mass is 10.2. The number of rotatable bonds is 3. The molecular weight excluding hydrogens is 255 g/mol. The Balaban J connectivity index is 2.70. The molecule has 7 heteroatoms. The summed E-state index contributed by atoms with van der Waals surface area (Å²) in [6.07, 6.45) is -0.727. The third-order valence-corrected chi connectivity index (χ3v) is 1.94. The highest BCUT2D eigenvalue weighted by Crippen LogP contribution is 2.08. The van der Waals surface area contributed by atoms with Crippen LogP contribution in [0.5, 0.6) is 0 Å². The standard InChI is InChI=1S/C12H15FN2O4/c1-12(2,3)19-11(18)14-6-9-7(13)4-5-8(15-9)10(16)17/h4-5H,6H2,1-3H3,(H,14,18)(H,16,17). The van der Waals surface area contributed by atoms with E-state index in [1.807, 2.05) is 0 Å². The average molecular weight is 270 g/mol. The number of alkyl carbamates (subject to hydrolysis) is 1. The Bertz CT molecular complexity index is 497. The number of nitrogens with one attached hydrogen (secondary N) is 1. The van der Waals surface area contributed by atoms with E-state index in [-0.39, 0.29) is 17.9 Å². The molecule has 0 saturated carbocycles. The number of aromatic nitrogens is 1. The molecule has 19 heavy (non-hydrogen) atoms. The van der Waals surface area contributed by atoms with Crippen LogP contribution in [0.2, 0.25) is 0 Å². The van der Waals surface area contributed by atoms with Gasteiger partial charge in [-0.05, 0) is 32.9 Å². The monoisotopic (exact) mass is 270 g/mol. The van der Waals surface area contributed by atoms with Gasteiger partial charge in [-0.2, -0.15) is 0 Å². The van der Waals surface area contributed by atoms with Gasteiger partial charge in [0.25, 0.3) is 0 Å². The summed E-state index contributed by atoms with van der Waals surface area (Å²) in [5.41, 5.74) is -1.12. The number of amides is 1. The van der Waals surface area contributed by atoms with Crippen molar-refractivity contribution in [3.63, 3.8) is 0 Å². The normalized spacial score (nSPS) is 10.9. The highest BCUT2D eigenvalue weighted by molar-refractivity contribution is 5.85. The van der Waals surface area contributed by atoms with E-state index in [4.69, 9.17) is 9.84 Å². The van der Waals surface area contributed by atoms with E-state index in [2.05, 4.69) is 10.3 Å². The largest absolute Gasteiger partial charge is 0.477 e. The highest BCUT2D eigenvalue weighted by Gasteiger charge is 2.17. The van der Waals surface area contributed by atoms with Crippen molar-refractivity contribution in [3.05, 3.63) is 29.3 Å². The van der Waals surface area contributed by atoms with E-state index in [1.165, 1.54) is 0 Å². The molecule has 1 heterocycles. The minimum absolute atomic E-state index is 0.161. The van der Waals surface area contributed by atoms with Gasteiger partial charge >= 0.3 is 12.1 Å². The van der Waals surface area contributed by atoms with Gasteiger partial charge in [-0.3, -0.25) is 0 Å². The van der Waals surface area contributed by atoms with Gasteiger partial charge in [-0.25, -0.2) is 19.0 Å². The Morgan fingerprint density at radius 3 is 2.58 bits per heavy atom. The topological polar surface area (TPSA) is 88.5 Å². The van der Waals surface area contributed by atoms with E-state index < -0.39 is 23.5 Å². The second-order valence-corrected chi connectivity index (χ2v) is 4.79. The van der Waals surface area contributed by atoms with Crippen molar-refractivity contribution in [3.8, 4) is 0 Å². The molecule has 0 spiro atoms. The lowest BCUT2D eigenvalue weighted by Gasteiger charge is -2.19. The number of pyridine rings is 1. The van der Waals surface area contributed by atoms with Crippen molar-refractivity contribution in [1.82, 2.24) is 10.3 Å². The molecule has 0 bridgehead atoms. The summed E-state index contributed by atoms with van der Waals surface area (Å²) >= 11 is 0. The predicted molar refractivity (Wildman–Crippen MR) is 64.2 cm³/mol. The summed E-state index contributed by atoms with van der Waals surface area (Å²) in [6, 6.07) is 2.04. The maximum Gasteiger partial charge on any atom is 0.407 e. The van der Waals surface area contributed by atoms with Gasteiger partial charge in [-0.15, -0.1) is 0 Å². The van der Waals surface area contributed by atoms with Crippen molar-refractivity contribution in [2.45, 2.75) is 32.9 Å². The highest BCUT2D eigenvalue weighted by atomic mass is 19.1. The van der Waals surface area contributed by atoms with Gasteiger partial charge in [0.05, 0.1) is 12.2 Å². The summed E-state index contributed by atoms with van der Waals surface area (Å²) < 4.78 is 18.3. The first kappa shape index (κ1) is 14.9. The first-order valence-electron chi connectivity index (χ1n) is 5.54. The molecule has 2 N–H and O–H groups in total. The predicted octanol–water partition coefficient (Wildman–Crippen LogP) is 1.94. The van der Waals surface area contributed by atoms with E-state index in [0.29, 0.717) is 0 Å². The Morgan fingerprint density at radius 1 is 1.42 bits per heavy atom. The minimum Gasteiger partial charge on any atom is -0.477 e. The molecule has 0 aliphatic heterocycles. The lowest BCUT2D eigenvalue weighted by Crippen LogP contribution is -2.32. The van der Waals surface area contributed by atoms with Crippen molar-refractivity contribution in [1.29, 1.82) is 0 Å². The van der Waals surface area contributed by atoms with E-state index in [0.717, 1.165) is 12.1 Å². The summed E-state index contributed by atoms with van der Waals surface area (Å²) in [5, 5.41) is 11.0. The third kappa shape index (κ3) is 4.90. The fourth-order valence-electron chi connectivity index (χ4n) is 1.20. The van der Waals surface area contributed by atoms with Gasteiger partial charge < -0.3 is 15.2 Å². The van der Waals surface area contributed by atoms with Crippen LogP contribution < -0.4 is 5.32 Å². The van der Waals surface area contributed by atoms with Gasteiger partial charge in [0, 0.05) is 0 Å². The average Bonchev–Trinajstić information content (AvgIpc) is 2.25. The lowest BCUT2D eigenvalue weighted by molar-refractivity contribution is 0.0522. The summed E-state index contributed by atoms with van der Waals surface area (Å²) in [5.74, 6) is -1.96. The number of carbonyl (C=O) groups excluding carboxylic acids is 1. The molecular formula is C12H15FN2O4. The molecule has 0 radical (unpaired) electrons. The first-order chi connectivity index (χ1) is 8.69. The SMILES string of the molecule is CC(C)(C)OC(=O)NCc1nc(C(=O)O)ccc1F. The van der Waals surface area contributed by atoms with E-state index >= 15 is 0 Å².